The van der Waals surface area contributed by atoms with Crippen LogP contribution >= 0.6 is 0 Å². The van der Waals surface area contributed by atoms with Crippen molar-refractivity contribution >= 4 is 23.1 Å². The van der Waals surface area contributed by atoms with E-state index in [0.29, 0.717) is 19.0 Å². The van der Waals surface area contributed by atoms with Crippen LogP contribution in [0.15, 0.2) is 73.2 Å². The molecule has 0 N–H and O–H groups in total. The molecule has 1 atom stereocenters. The first-order valence-electron chi connectivity index (χ1n) is 11.1. The SMILES string of the molecule is CN(c1nccc(-n2cnc3ccccc32)n1)C1CCCN(C(=O)OCc2ccccc2)C1. The largest absolute Gasteiger partial charge is 0.445 e. The molecule has 1 aliphatic heterocycles. The summed E-state index contributed by atoms with van der Waals surface area (Å²) >= 11 is 0. The van der Waals surface area contributed by atoms with E-state index in [1.165, 1.54) is 0 Å². The number of ether oxygens (including phenoxy) is 1. The molecule has 8 nitrogen and oxygen atoms in total. The van der Waals surface area contributed by atoms with E-state index < -0.39 is 0 Å². The standard InChI is InChI=1S/C25H26N6O2/c1-29(20-10-7-15-30(16-20)25(32)33-17-19-8-3-2-4-9-19)24-26-14-13-23(28-24)31-18-27-21-11-5-6-12-22(21)31/h2-6,8-9,11-14,18,20H,7,10,15-17H2,1H3. The van der Waals surface area contributed by atoms with Gasteiger partial charge in [-0.05, 0) is 36.6 Å². The number of fused-ring (bicyclic) bond motifs is 1. The molecule has 1 amide bonds. The molecule has 0 spiro atoms. The summed E-state index contributed by atoms with van der Waals surface area (Å²) in [6.07, 6.45) is 5.12. The Bertz CT molecular complexity index is 1240. The van der Waals surface area contributed by atoms with Crippen molar-refractivity contribution in [3.05, 3.63) is 78.8 Å². The van der Waals surface area contributed by atoms with Crippen LogP contribution in [0.1, 0.15) is 18.4 Å². The number of anilines is 1. The minimum Gasteiger partial charge on any atom is -0.445 e. The van der Waals surface area contributed by atoms with Gasteiger partial charge in [-0.3, -0.25) is 4.57 Å². The van der Waals surface area contributed by atoms with Gasteiger partial charge in [-0.2, -0.15) is 4.98 Å². The molecule has 2 aromatic heterocycles. The van der Waals surface area contributed by atoms with Gasteiger partial charge in [-0.15, -0.1) is 0 Å². The van der Waals surface area contributed by atoms with Gasteiger partial charge >= 0.3 is 6.09 Å². The molecule has 1 saturated heterocycles. The number of carbonyl (C=O) groups is 1. The minimum atomic E-state index is -0.281. The van der Waals surface area contributed by atoms with Crippen LogP contribution in [0.2, 0.25) is 0 Å². The van der Waals surface area contributed by atoms with Crippen molar-refractivity contribution in [2.75, 3.05) is 25.0 Å². The maximum absolute atomic E-state index is 12.7. The van der Waals surface area contributed by atoms with Crippen molar-refractivity contribution in [2.24, 2.45) is 0 Å². The zero-order chi connectivity index (χ0) is 22.6. The molecule has 168 valence electrons. The van der Waals surface area contributed by atoms with Gasteiger partial charge in [0.25, 0.3) is 0 Å². The van der Waals surface area contributed by atoms with Crippen LogP contribution in [0, 0.1) is 0 Å². The summed E-state index contributed by atoms with van der Waals surface area (Å²) in [5.41, 5.74) is 2.89. The average molecular weight is 443 g/mol. The summed E-state index contributed by atoms with van der Waals surface area (Å²) in [5, 5.41) is 0. The predicted octanol–water partition coefficient (Wildman–Crippen LogP) is 4.05. The Kier molecular flexibility index (Phi) is 5.89. The summed E-state index contributed by atoms with van der Waals surface area (Å²) in [5.74, 6) is 1.38. The molecule has 1 aliphatic rings. The van der Waals surface area contributed by atoms with Crippen LogP contribution < -0.4 is 4.90 Å². The van der Waals surface area contributed by atoms with Gasteiger partial charge in [0.15, 0.2) is 0 Å². The van der Waals surface area contributed by atoms with E-state index in [0.717, 1.165) is 35.3 Å². The molecule has 1 unspecified atom stereocenters. The number of imidazole rings is 1. The predicted molar refractivity (Wildman–Crippen MR) is 126 cm³/mol. The molecule has 8 heteroatoms. The fourth-order valence-corrected chi connectivity index (χ4v) is 4.20. The Labute approximate surface area is 192 Å². The van der Waals surface area contributed by atoms with E-state index >= 15 is 0 Å². The van der Waals surface area contributed by atoms with Crippen molar-refractivity contribution < 1.29 is 9.53 Å². The lowest BCUT2D eigenvalue weighted by atomic mass is 10.1. The molecule has 2 aromatic carbocycles. The molecular formula is C25H26N6O2. The van der Waals surface area contributed by atoms with Crippen LogP contribution in [-0.2, 0) is 11.3 Å². The number of likely N-dealkylation sites (N-methyl/N-ethyl adjacent to an activating group) is 1. The van der Waals surface area contributed by atoms with Gasteiger partial charge in [0.1, 0.15) is 18.8 Å². The number of aromatic nitrogens is 4. The number of amides is 1. The third kappa shape index (κ3) is 4.50. The van der Waals surface area contributed by atoms with Gasteiger partial charge < -0.3 is 14.5 Å². The first-order valence-corrected chi connectivity index (χ1v) is 11.1. The summed E-state index contributed by atoms with van der Waals surface area (Å²) in [6.45, 7) is 1.55. The molecule has 0 saturated carbocycles. The second kappa shape index (κ2) is 9.28. The van der Waals surface area contributed by atoms with Crippen LogP contribution in [0.3, 0.4) is 0 Å². The van der Waals surface area contributed by atoms with Crippen molar-refractivity contribution in [3.63, 3.8) is 0 Å². The van der Waals surface area contributed by atoms with E-state index in [9.17, 15) is 4.79 Å². The van der Waals surface area contributed by atoms with Gasteiger partial charge in [0.05, 0.1) is 11.0 Å². The maximum Gasteiger partial charge on any atom is 0.410 e. The first-order chi connectivity index (χ1) is 16.2. The van der Waals surface area contributed by atoms with Crippen LogP contribution in [0.5, 0.6) is 0 Å². The summed E-state index contributed by atoms with van der Waals surface area (Å²) in [6, 6.07) is 19.7. The molecule has 3 heterocycles. The van der Waals surface area contributed by atoms with E-state index in [1.807, 2.05) is 72.3 Å². The molecule has 1 fully saturated rings. The highest BCUT2D eigenvalue weighted by Crippen LogP contribution is 2.22. The monoisotopic (exact) mass is 442 g/mol. The highest BCUT2D eigenvalue weighted by molar-refractivity contribution is 5.76. The fourth-order valence-electron chi connectivity index (χ4n) is 4.20. The number of hydrogen-bond acceptors (Lipinski definition) is 6. The number of rotatable bonds is 5. The molecular weight excluding hydrogens is 416 g/mol. The Morgan fingerprint density at radius 3 is 2.79 bits per heavy atom. The Balaban J connectivity index is 1.28. The van der Waals surface area contributed by atoms with Gasteiger partial charge in [0, 0.05) is 32.4 Å². The number of para-hydroxylation sites is 2. The third-order valence-electron chi connectivity index (χ3n) is 6.05. The second-order valence-electron chi connectivity index (χ2n) is 8.21. The first kappa shape index (κ1) is 20.9. The lowest BCUT2D eigenvalue weighted by molar-refractivity contribution is 0.0858. The second-order valence-corrected chi connectivity index (χ2v) is 8.21. The lowest BCUT2D eigenvalue weighted by Gasteiger charge is -2.37. The van der Waals surface area contributed by atoms with Crippen LogP contribution in [0.4, 0.5) is 10.7 Å². The van der Waals surface area contributed by atoms with E-state index in [-0.39, 0.29) is 18.7 Å². The molecule has 0 radical (unpaired) electrons. The summed E-state index contributed by atoms with van der Waals surface area (Å²) in [4.78, 5) is 30.2. The van der Waals surface area contributed by atoms with Gasteiger partial charge in [0.2, 0.25) is 5.95 Å². The number of carbonyl (C=O) groups excluding carboxylic acids is 1. The highest BCUT2D eigenvalue weighted by Gasteiger charge is 2.28. The van der Waals surface area contributed by atoms with Crippen LogP contribution in [-0.4, -0.2) is 56.7 Å². The molecule has 5 rings (SSSR count). The van der Waals surface area contributed by atoms with Crippen molar-refractivity contribution in [3.8, 4) is 5.82 Å². The maximum atomic E-state index is 12.7. The Hall–Kier alpha value is -3.94. The van der Waals surface area contributed by atoms with E-state index in [4.69, 9.17) is 9.72 Å². The van der Waals surface area contributed by atoms with Crippen molar-refractivity contribution in [1.82, 2.24) is 24.4 Å². The Morgan fingerprint density at radius 1 is 1.09 bits per heavy atom. The zero-order valence-corrected chi connectivity index (χ0v) is 18.5. The molecule has 4 aromatic rings. The lowest BCUT2D eigenvalue weighted by Crippen LogP contribution is -2.49. The number of piperidine rings is 1. The smallest absolute Gasteiger partial charge is 0.410 e. The minimum absolute atomic E-state index is 0.109. The van der Waals surface area contributed by atoms with Crippen molar-refractivity contribution in [2.45, 2.75) is 25.5 Å². The Morgan fingerprint density at radius 2 is 1.91 bits per heavy atom. The van der Waals surface area contributed by atoms with Crippen molar-refractivity contribution in [1.29, 1.82) is 0 Å². The van der Waals surface area contributed by atoms with Gasteiger partial charge in [-0.1, -0.05) is 42.5 Å². The number of likely N-dealkylation sites (tertiary alicyclic amines) is 1. The molecule has 0 aliphatic carbocycles. The van der Waals surface area contributed by atoms with E-state index in [1.54, 1.807) is 17.4 Å². The summed E-state index contributed by atoms with van der Waals surface area (Å²) < 4.78 is 7.50. The van der Waals surface area contributed by atoms with E-state index in [2.05, 4.69) is 14.9 Å². The topological polar surface area (TPSA) is 76.4 Å². The summed E-state index contributed by atoms with van der Waals surface area (Å²) in [7, 11) is 1.98. The van der Waals surface area contributed by atoms with Crippen LogP contribution in [0.25, 0.3) is 16.9 Å². The number of nitrogens with zero attached hydrogens (tertiary/aromatic N) is 6. The highest BCUT2D eigenvalue weighted by atomic mass is 16.6. The number of hydrogen-bond donors (Lipinski definition) is 0. The third-order valence-corrected chi connectivity index (χ3v) is 6.05. The zero-order valence-electron chi connectivity index (χ0n) is 18.5. The number of benzene rings is 2. The average Bonchev–Trinajstić information content (AvgIpc) is 3.32. The fraction of sp³-hybridized carbons (Fsp3) is 0.280. The quantitative estimate of drug-likeness (QED) is 0.464. The van der Waals surface area contributed by atoms with Gasteiger partial charge in [-0.25, -0.2) is 14.8 Å². The normalized spacial score (nSPS) is 16.0. The molecule has 33 heavy (non-hydrogen) atoms. The molecule has 0 bridgehead atoms.